The van der Waals surface area contributed by atoms with Crippen molar-refractivity contribution in [2.75, 3.05) is 24.6 Å². The van der Waals surface area contributed by atoms with Gasteiger partial charge in [0.15, 0.2) is 0 Å². The van der Waals surface area contributed by atoms with E-state index in [-0.39, 0.29) is 4.08 Å². The van der Waals surface area contributed by atoms with Gasteiger partial charge in [0.05, 0.1) is 4.08 Å². The SMILES string of the molecule is O=C(NO)C1NCC2(CN1)SCCCS2. The Hall–Kier alpha value is 0.0500. The van der Waals surface area contributed by atoms with E-state index in [2.05, 4.69) is 10.6 Å². The smallest absolute Gasteiger partial charge is 0.275 e. The molecule has 5 nitrogen and oxygen atoms in total. The van der Waals surface area contributed by atoms with Crippen LogP contribution in [0, 0.1) is 0 Å². The Morgan fingerprint density at radius 2 is 1.93 bits per heavy atom. The zero-order valence-electron chi connectivity index (χ0n) is 8.28. The lowest BCUT2D eigenvalue weighted by Crippen LogP contribution is -2.64. The van der Waals surface area contributed by atoms with Crippen molar-refractivity contribution in [2.45, 2.75) is 16.7 Å². The summed E-state index contributed by atoms with van der Waals surface area (Å²) in [5, 5.41) is 14.7. The van der Waals surface area contributed by atoms with Gasteiger partial charge in [0.1, 0.15) is 6.17 Å². The average molecular weight is 249 g/mol. The second-order valence-electron chi connectivity index (χ2n) is 3.63. The summed E-state index contributed by atoms with van der Waals surface area (Å²) in [6, 6.07) is 0. The fourth-order valence-electron chi connectivity index (χ4n) is 1.72. The maximum Gasteiger partial charge on any atom is 0.275 e. The number of thioether (sulfide) groups is 2. The third-order valence-electron chi connectivity index (χ3n) is 2.54. The van der Waals surface area contributed by atoms with Crippen molar-refractivity contribution in [1.29, 1.82) is 0 Å². The second-order valence-corrected chi connectivity index (χ2v) is 6.85. The summed E-state index contributed by atoms with van der Waals surface area (Å²) >= 11 is 3.90. The van der Waals surface area contributed by atoms with Crippen LogP contribution in [0.15, 0.2) is 0 Å². The number of carbonyl (C=O) groups is 1. The minimum absolute atomic E-state index is 0.171. The molecule has 0 aromatic rings. The van der Waals surface area contributed by atoms with Gasteiger partial charge in [-0.25, -0.2) is 5.48 Å². The Morgan fingerprint density at radius 1 is 1.33 bits per heavy atom. The summed E-state index contributed by atoms with van der Waals surface area (Å²) in [5.74, 6) is 1.95. The first kappa shape index (κ1) is 11.5. The fraction of sp³-hybridized carbons (Fsp3) is 0.875. The summed E-state index contributed by atoms with van der Waals surface area (Å²) in [7, 11) is 0. The Labute approximate surface area is 97.1 Å². The van der Waals surface area contributed by atoms with Crippen molar-refractivity contribution < 1.29 is 10.0 Å². The van der Waals surface area contributed by atoms with Crippen molar-refractivity contribution >= 4 is 29.4 Å². The molecule has 2 aliphatic heterocycles. The lowest BCUT2D eigenvalue weighted by molar-refractivity contribution is -0.132. The van der Waals surface area contributed by atoms with E-state index in [0.717, 1.165) is 13.1 Å². The Kier molecular flexibility index (Phi) is 3.78. The quantitative estimate of drug-likeness (QED) is 0.374. The molecule has 15 heavy (non-hydrogen) atoms. The molecule has 0 unspecified atom stereocenters. The average Bonchev–Trinajstić information content (AvgIpc) is 2.30. The molecule has 0 aromatic heterocycles. The van der Waals surface area contributed by atoms with Gasteiger partial charge >= 0.3 is 0 Å². The van der Waals surface area contributed by atoms with E-state index in [0.29, 0.717) is 0 Å². The first-order valence-corrected chi connectivity index (χ1v) is 6.91. The highest BCUT2D eigenvalue weighted by Gasteiger charge is 2.39. The predicted octanol–water partition coefficient (Wildman–Crippen LogP) is -0.423. The standard InChI is InChI=1S/C8H15N3O2S2/c12-7(11-13)6-9-4-8(5-10-6)14-2-1-3-15-8/h6,9-10,13H,1-5H2,(H,11,12). The lowest BCUT2D eigenvalue weighted by Gasteiger charge is -2.42. The monoisotopic (exact) mass is 249 g/mol. The summed E-state index contributed by atoms with van der Waals surface area (Å²) in [5.41, 5.74) is 1.65. The van der Waals surface area contributed by atoms with Crippen molar-refractivity contribution in [3.63, 3.8) is 0 Å². The van der Waals surface area contributed by atoms with E-state index in [1.165, 1.54) is 17.9 Å². The topological polar surface area (TPSA) is 73.4 Å². The number of hydrogen-bond acceptors (Lipinski definition) is 6. The van der Waals surface area contributed by atoms with Crippen LogP contribution in [0.2, 0.25) is 0 Å². The molecule has 0 saturated carbocycles. The van der Waals surface area contributed by atoms with E-state index in [4.69, 9.17) is 5.21 Å². The van der Waals surface area contributed by atoms with E-state index < -0.39 is 12.1 Å². The number of carbonyl (C=O) groups excluding carboxylic acids is 1. The van der Waals surface area contributed by atoms with Gasteiger partial charge in [0, 0.05) is 13.1 Å². The molecule has 0 atom stereocenters. The number of hydrogen-bond donors (Lipinski definition) is 4. The molecule has 2 aliphatic rings. The molecule has 0 aromatic carbocycles. The van der Waals surface area contributed by atoms with Gasteiger partial charge in [-0.15, -0.1) is 23.5 Å². The summed E-state index contributed by atoms with van der Waals surface area (Å²) in [6.07, 6.45) is 0.793. The lowest BCUT2D eigenvalue weighted by atomic mass is 10.3. The summed E-state index contributed by atoms with van der Waals surface area (Å²) < 4.78 is 0.171. The van der Waals surface area contributed by atoms with Crippen LogP contribution < -0.4 is 16.1 Å². The van der Waals surface area contributed by atoms with Crippen LogP contribution >= 0.6 is 23.5 Å². The van der Waals surface area contributed by atoms with Gasteiger partial charge in [0.2, 0.25) is 0 Å². The Balaban J connectivity index is 1.88. The molecule has 86 valence electrons. The van der Waals surface area contributed by atoms with Gasteiger partial charge in [-0.2, -0.15) is 0 Å². The molecule has 2 fully saturated rings. The third-order valence-corrected chi connectivity index (χ3v) is 5.86. The van der Waals surface area contributed by atoms with Crippen molar-refractivity contribution in [2.24, 2.45) is 0 Å². The van der Waals surface area contributed by atoms with E-state index in [9.17, 15) is 4.79 Å². The molecule has 1 spiro atoms. The summed E-state index contributed by atoms with van der Waals surface area (Å²) in [6.45, 7) is 1.60. The predicted molar refractivity (Wildman–Crippen MR) is 62.0 cm³/mol. The zero-order valence-corrected chi connectivity index (χ0v) is 9.92. The molecule has 7 heteroatoms. The van der Waals surface area contributed by atoms with Crippen LogP contribution in [0.25, 0.3) is 0 Å². The molecular formula is C8H15N3O2S2. The summed E-state index contributed by atoms with van der Waals surface area (Å²) in [4.78, 5) is 11.1. The number of rotatable bonds is 1. The van der Waals surface area contributed by atoms with Crippen LogP contribution in [0.1, 0.15) is 6.42 Å². The molecule has 0 radical (unpaired) electrons. The van der Waals surface area contributed by atoms with Gasteiger partial charge in [0.25, 0.3) is 5.91 Å². The van der Waals surface area contributed by atoms with E-state index in [1.54, 1.807) is 5.48 Å². The second kappa shape index (κ2) is 4.92. The molecule has 2 saturated heterocycles. The van der Waals surface area contributed by atoms with Gasteiger partial charge in [-0.3, -0.25) is 20.6 Å². The molecular weight excluding hydrogens is 234 g/mol. The van der Waals surface area contributed by atoms with E-state index in [1.807, 2.05) is 23.5 Å². The van der Waals surface area contributed by atoms with Crippen LogP contribution in [-0.2, 0) is 4.79 Å². The van der Waals surface area contributed by atoms with Gasteiger partial charge in [-0.1, -0.05) is 0 Å². The molecule has 4 N–H and O–H groups in total. The van der Waals surface area contributed by atoms with Crippen LogP contribution in [0.3, 0.4) is 0 Å². The Bertz CT molecular complexity index is 236. The molecule has 2 heterocycles. The fourth-order valence-corrected chi connectivity index (χ4v) is 4.80. The first-order chi connectivity index (χ1) is 7.26. The van der Waals surface area contributed by atoms with Gasteiger partial charge < -0.3 is 0 Å². The Morgan fingerprint density at radius 3 is 2.47 bits per heavy atom. The van der Waals surface area contributed by atoms with Crippen LogP contribution in [0.5, 0.6) is 0 Å². The maximum atomic E-state index is 11.1. The number of nitrogens with one attached hydrogen (secondary N) is 3. The first-order valence-electron chi connectivity index (χ1n) is 4.94. The third kappa shape index (κ3) is 2.59. The zero-order chi connectivity index (χ0) is 10.7. The molecule has 2 rings (SSSR count). The van der Waals surface area contributed by atoms with Crippen LogP contribution in [-0.4, -0.2) is 46.0 Å². The highest BCUT2D eigenvalue weighted by atomic mass is 32.2. The van der Waals surface area contributed by atoms with Crippen molar-refractivity contribution in [3.8, 4) is 0 Å². The van der Waals surface area contributed by atoms with Crippen molar-refractivity contribution in [1.82, 2.24) is 16.1 Å². The number of amides is 1. The largest absolute Gasteiger partial charge is 0.292 e. The van der Waals surface area contributed by atoms with Crippen molar-refractivity contribution in [3.05, 3.63) is 0 Å². The molecule has 0 bridgehead atoms. The minimum atomic E-state index is -0.469. The normalized spacial score (nSPS) is 26.5. The molecule has 1 amide bonds. The minimum Gasteiger partial charge on any atom is -0.292 e. The highest BCUT2D eigenvalue weighted by Crippen LogP contribution is 2.42. The highest BCUT2D eigenvalue weighted by molar-refractivity contribution is 8.18. The maximum absolute atomic E-state index is 11.1. The number of hydroxylamine groups is 1. The molecule has 0 aliphatic carbocycles. The van der Waals surface area contributed by atoms with Crippen LogP contribution in [0.4, 0.5) is 0 Å². The van der Waals surface area contributed by atoms with Gasteiger partial charge in [-0.05, 0) is 17.9 Å². The van der Waals surface area contributed by atoms with E-state index >= 15 is 0 Å².